The van der Waals surface area contributed by atoms with Crippen molar-refractivity contribution in [2.45, 2.75) is 16.9 Å². The molecule has 27 heavy (non-hydrogen) atoms. The summed E-state index contributed by atoms with van der Waals surface area (Å²) in [5.41, 5.74) is 0.977. The number of likely N-dealkylation sites (tertiary alicyclic amines) is 1. The molecule has 1 atom stereocenters. The van der Waals surface area contributed by atoms with Crippen LogP contribution in [0.3, 0.4) is 0 Å². The van der Waals surface area contributed by atoms with Crippen LogP contribution in [0, 0.1) is 0 Å². The highest BCUT2D eigenvalue weighted by Gasteiger charge is 2.29. The van der Waals surface area contributed by atoms with Gasteiger partial charge in [0.05, 0.1) is 29.6 Å². The molecule has 1 aliphatic rings. The van der Waals surface area contributed by atoms with Gasteiger partial charge in [0, 0.05) is 25.4 Å². The Morgan fingerprint density at radius 1 is 1.30 bits per heavy atom. The summed E-state index contributed by atoms with van der Waals surface area (Å²) in [6.45, 7) is 1.21. The second-order valence-corrected chi connectivity index (χ2v) is 8.23. The van der Waals surface area contributed by atoms with Crippen LogP contribution in [-0.4, -0.2) is 57.8 Å². The van der Waals surface area contributed by atoms with Crippen molar-refractivity contribution in [2.24, 2.45) is 0 Å². The van der Waals surface area contributed by atoms with Crippen LogP contribution in [0.1, 0.15) is 6.42 Å². The molecule has 3 aromatic rings. The molecular formula is C18H18N4O3S2. The van der Waals surface area contributed by atoms with E-state index in [1.54, 1.807) is 23.7 Å². The second-order valence-electron chi connectivity index (χ2n) is 5.98. The maximum absolute atomic E-state index is 12.5. The zero-order chi connectivity index (χ0) is 18.6. The summed E-state index contributed by atoms with van der Waals surface area (Å²) < 4.78 is 13.1. The van der Waals surface area contributed by atoms with E-state index in [1.807, 2.05) is 29.2 Å². The summed E-state index contributed by atoms with van der Waals surface area (Å²) >= 11 is 3.10. The minimum atomic E-state index is -0.105. The molecular weight excluding hydrogens is 384 g/mol. The van der Waals surface area contributed by atoms with Gasteiger partial charge in [-0.2, -0.15) is 0 Å². The standard InChI is InChI=1S/C18H18N4O3S2/c1-24-16-17(20-8-7-19-16)25-12-6-9-22(10-12)15(23)11-26-18-21-13-4-2-3-5-14(13)27-18/h2-5,7-8,12H,6,9-11H2,1H3. The summed E-state index contributed by atoms with van der Waals surface area (Å²) in [7, 11) is 1.53. The van der Waals surface area contributed by atoms with Gasteiger partial charge in [-0.1, -0.05) is 23.9 Å². The molecule has 2 aromatic heterocycles. The van der Waals surface area contributed by atoms with Crippen LogP contribution in [0.5, 0.6) is 11.8 Å². The zero-order valence-electron chi connectivity index (χ0n) is 14.7. The molecule has 1 fully saturated rings. The van der Waals surface area contributed by atoms with Crippen LogP contribution in [0.4, 0.5) is 0 Å². The first-order chi connectivity index (χ1) is 13.2. The van der Waals surface area contributed by atoms with Crippen molar-refractivity contribution in [1.29, 1.82) is 0 Å². The monoisotopic (exact) mass is 402 g/mol. The van der Waals surface area contributed by atoms with E-state index in [1.165, 1.54) is 18.9 Å². The van der Waals surface area contributed by atoms with Crippen molar-refractivity contribution in [2.75, 3.05) is 26.0 Å². The van der Waals surface area contributed by atoms with Gasteiger partial charge in [-0.3, -0.25) is 4.79 Å². The average Bonchev–Trinajstić information content (AvgIpc) is 3.33. The van der Waals surface area contributed by atoms with E-state index in [-0.39, 0.29) is 12.0 Å². The summed E-state index contributed by atoms with van der Waals surface area (Å²) in [6, 6.07) is 8.00. The Kier molecular flexibility index (Phi) is 5.40. The minimum absolute atomic E-state index is 0.0940. The fourth-order valence-electron chi connectivity index (χ4n) is 2.87. The lowest BCUT2D eigenvalue weighted by Gasteiger charge is -2.17. The van der Waals surface area contributed by atoms with Crippen molar-refractivity contribution >= 4 is 39.2 Å². The summed E-state index contributed by atoms with van der Waals surface area (Å²) in [6.07, 6.45) is 3.77. The number of methoxy groups -OCH3 is 1. The van der Waals surface area contributed by atoms with Gasteiger partial charge in [-0.25, -0.2) is 15.0 Å². The molecule has 0 N–H and O–H groups in total. The highest BCUT2D eigenvalue weighted by molar-refractivity contribution is 8.01. The molecule has 1 unspecified atom stereocenters. The smallest absolute Gasteiger partial charge is 0.278 e. The van der Waals surface area contributed by atoms with Crippen molar-refractivity contribution in [3.05, 3.63) is 36.7 Å². The number of hydrogen-bond donors (Lipinski definition) is 0. The summed E-state index contributed by atoms with van der Waals surface area (Å²) in [4.78, 5) is 27.1. The number of para-hydroxylation sites is 1. The first kappa shape index (κ1) is 18.0. The molecule has 0 spiro atoms. The average molecular weight is 403 g/mol. The maximum atomic E-state index is 12.5. The lowest BCUT2D eigenvalue weighted by Crippen LogP contribution is -2.32. The molecule has 0 saturated carbocycles. The van der Waals surface area contributed by atoms with E-state index in [0.29, 0.717) is 30.6 Å². The van der Waals surface area contributed by atoms with Gasteiger partial charge in [0.15, 0.2) is 4.34 Å². The number of rotatable bonds is 6. The van der Waals surface area contributed by atoms with Crippen LogP contribution in [0.15, 0.2) is 41.0 Å². The van der Waals surface area contributed by atoms with Crippen molar-refractivity contribution in [1.82, 2.24) is 19.9 Å². The quantitative estimate of drug-likeness (QED) is 0.587. The number of fused-ring (bicyclic) bond motifs is 1. The number of hydrogen-bond acceptors (Lipinski definition) is 8. The van der Waals surface area contributed by atoms with E-state index in [2.05, 4.69) is 15.0 Å². The third-order valence-corrected chi connectivity index (χ3v) is 6.36. The Bertz CT molecular complexity index is 916. The predicted molar refractivity (Wildman–Crippen MR) is 105 cm³/mol. The summed E-state index contributed by atoms with van der Waals surface area (Å²) in [5.74, 6) is 1.19. The van der Waals surface area contributed by atoms with E-state index >= 15 is 0 Å². The Balaban J connectivity index is 1.31. The van der Waals surface area contributed by atoms with Gasteiger partial charge in [-0.15, -0.1) is 11.3 Å². The Hall–Kier alpha value is -2.39. The lowest BCUT2D eigenvalue weighted by atomic mass is 10.3. The molecule has 140 valence electrons. The van der Waals surface area contributed by atoms with Crippen LogP contribution < -0.4 is 9.47 Å². The van der Waals surface area contributed by atoms with Gasteiger partial charge in [0.25, 0.3) is 11.8 Å². The number of benzene rings is 1. The van der Waals surface area contributed by atoms with Crippen LogP contribution in [0.2, 0.25) is 0 Å². The number of carbonyl (C=O) groups is 1. The fraction of sp³-hybridized carbons (Fsp3) is 0.333. The molecule has 1 aromatic carbocycles. The predicted octanol–water partition coefficient (Wildman–Crippen LogP) is 2.87. The van der Waals surface area contributed by atoms with E-state index < -0.39 is 0 Å². The summed E-state index contributed by atoms with van der Waals surface area (Å²) in [5, 5.41) is 0. The SMILES string of the molecule is COc1nccnc1OC1CCN(C(=O)CSc2nc3ccccc3s2)C1. The van der Waals surface area contributed by atoms with Crippen molar-refractivity contribution in [3.8, 4) is 11.8 Å². The Morgan fingerprint density at radius 2 is 2.11 bits per heavy atom. The normalized spacial score (nSPS) is 16.6. The number of aromatic nitrogens is 3. The van der Waals surface area contributed by atoms with Crippen molar-refractivity contribution < 1.29 is 14.3 Å². The molecule has 1 aliphatic heterocycles. The van der Waals surface area contributed by atoms with Gasteiger partial charge in [-0.05, 0) is 12.1 Å². The minimum Gasteiger partial charge on any atom is -0.477 e. The number of carbonyl (C=O) groups excluding carboxylic acids is 1. The zero-order valence-corrected chi connectivity index (χ0v) is 16.3. The van der Waals surface area contributed by atoms with Crippen LogP contribution >= 0.6 is 23.1 Å². The largest absolute Gasteiger partial charge is 0.477 e. The highest BCUT2D eigenvalue weighted by Crippen LogP contribution is 2.30. The van der Waals surface area contributed by atoms with Gasteiger partial charge in [0.1, 0.15) is 6.10 Å². The number of ether oxygens (including phenoxy) is 2. The van der Waals surface area contributed by atoms with Gasteiger partial charge >= 0.3 is 0 Å². The van der Waals surface area contributed by atoms with E-state index in [9.17, 15) is 4.79 Å². The molecule has 1 saturated heterocycles. The molecule has 1 amide bonds. The first-order valence-electron chi connectivity index (χ1n) is 8.50. The lowest BCUT2D eigenvalue weighted by molar-refractivity contribution is -0.127. The highest BCUT2D eigenvalue weighted by atomic mass is 32.2. The van der Waals surface area contributed by atoms with Crippen molar-refractivity contribution in [3.63, 3.8) is 0 Å². The molecule has 9 heteroatoms. The second kappa shape index (κ2) is 8.10. The number of amides is 1. The molecule has 0 radical (unpaired) electrons. The van der Waals surface area contributed by atoms with Crippen LogP contribution in [0.25, 0.3) is 10.2 Å². The fourth-order valence-corrected chi connectivity index (χ4v) is 4.84. The number of thioether (sulfide) groups is 1. The molecule has 0 bridgehead atoms. The van der Waals surface area contributed by atoms with Gasteiger partial charge < -0.3 is 14.4 Å². The van der Waals surface area contributed by atoms with E-state index in [0.717, 1.165) is 21.0 Å². The topological polar surface area (TPSA) is 77.4 Å². The Morgan fingerprint density at radius 3 is 2.93 bits per heavy atom. The van der Waals surface area contributed by atoms with Gasteiger partial charge in [0.2, 0.25) is 5.91 Å². The number of thiazole rings is 1. The Labute approximate surface area is 164 Å². The third kappa shape index (κ3) is 4.14. The van der Waals surface area contributed by atoms with E-state index in [4.69, 9.17) is 9.47 Å². The molecule has 4 rings (SSSR count). The molecule has 3 heterocycles. The molecule has 7 nitrogen and oxygen atoms in total. The van der Waals surface area contributed by atoms with Crippen LogP contribution in [-0.2, 0) is 4.79 Å². The maximum Gasteiger partial charge on any atom is 0.278 e. The number of nitrogens with zero attached hydrogens (tertiary/aromatic N) is 4. The molecule has 0 aliphatic carbocycles. The first-order valence-corrected chi connectivity index (χ1v) is 10.3. The third-order valence-electron chi connectivity index (χ3n) is 4.20.